The van der Waals surface area contributed by atoms with Crippen LogP contribution in [0.1, 0.15) is 44.7 Å². The second-order valence-electron chi connectivity index (χ2n) is 5.63. The first kappa shape index (κ1) is 14.5. The second kappa shape index (κ2) is 7.06. The number of hydrogen-bond donors (Lipinski definition) is 2. The highest BCUT2D eigenvalue weighted by Crippen LogP contribution is 2.23. The van der Waals surface area contributed by atoms with Gasteiger partial charge in [0, 0.05) is 6.42 Å². The molecule has 3 nitrogen and oxygen atoms in total. The van der Waals surface area contributed by atoms with Crippen LogP contribution in [0.25, 0.3) is 0 Å². The summed E-state index contributed by atoms with van der Waals surface area (Å²) in [4.78, 5) is 12.1. The van der Waals surface area contributed by atoms with Crippen LogP contribution in [0.4, 0.5) is 0 Å². The second-order valence-corrected chi connectivity index (χ2v) is 6.41. The van der Waals surface area contributed by atoms with Crippen molar-refractivity contribution in [2.24, 2.45) is 11.8 Å². The number of carbonyl (C=O) groups excluding carboxylic acids is 1. The van der Waals surface area contributed by atoms with E-state index in [2.05, 4.69) is 29.0 Å². The Morgan fingerprint density at radius 3 is 3.05 bits per heavy atom. The molecule has 0 bridgehead atoms. The Morgan fingerprint density at radius 1 is 1.58 bits per heavy atom. The van der Waals surface area contributed by atoms with Gasteiger partial charge in [-0.15, -0.1) is 0 Å². The maximum Gasteiger partial charge on any atom is 0.220 e. The number of thiophene rings is 1. The summed E-state index contributed by atoms with van der Waals surface area (Å²) in [5.41, 5.74) is 1.20. The summed E-state index contributed by atoms with van der Waals surface area (Å²) in [6.45, 7) is 6.44. The molecule has 106 valence electrons. The molecule has 0 spiro atoms. The molecule has 3 unspecified atom stereocenters. The van der Waals surface area contributed by atoms with Gasteiger partial charge in [0.1, 0.15) is 0 Å². The van der Waals surface area contributed by atoms with Crippen molar-refractivity contribution in [3.05, 3.63) is 22.4 Å². The fourth-order valence-corrected chi connectivity index (χ4v) is 3.48. The van der Waals surface area contributed by atoms with Crippen LogP contribution in [0.15, 0.2) is 16.8 Å². The van der Waals surface area contributed by atoms with E-state index in [-0.39, 0.29) is 11.9 Å². The van der Waals surface area contributed by atoms with Gasteiger partial charge in [0.2, 0.25) is 5.91 Å². The van der Waals surface area contributed by atoms with Gasteiger partial charge in [0.15, 0.2) is 0 Å². The molecular formula is C15H24N2OS. The first-order valence-corrected chi connectivity index (χ1v) is 8.13. The number of carbonyl (C=O) groups is 1. The van der Waals surface area contributed by atoms with Gasteiger partial charge in [-0.1, -0.05) is 6.92 Å². The van der Waals surface area contributed by atoms with Gasteiger partial charge in [0.05, 0.1) is 6.04 Å². The van der Waals surface area contributed by atoms with Gasteiger partial charge in [-0.3, -0.25) is 4.79 Å². The minimum atomic E-state index is 0.121. The molecule has 2 N–H and O–H groups in total. The normalized spacial score (nSPS) is 22.7. The van der Waals surface area contributed by atoms with Crippen molar-refractivity contribution in [2.75, 3.05) is 13.1 Å². The third-order valence-electron chi connectivity index (χ3n) is 4.07. The number of hydrogen-bond acceptors (Lipinski definition) is 3. The van der Waals surface area contributed by atoms with Crippen molar-refractivity contribution in [1.29, 1.82) is 0 Å². The van der Waals surface area contributed by atoms with Crippen molar-refractivity contribution in [3.63, 3.8) is 0 Å². The Kier molecular flexibility index (Phi) is 5.40. The summed E-state index contributed by atoms with van der Waals surface area (Å²) in [6.07, 6.45) is 3.13. The zero-order valence-electron chi connectivity index (χ0n) is 11.8. The van der Waals surface area contributed by atoms with Crippen molar-refractivity contribution >= 4 is 17.2 Å². The minimum Gasteiger partial charge on any atom is -0.350 e. The zero-order valence-corrected chi connectivity index (χ0v) is 12.6. The van der Waals surface area contributed by atoms with E-state index in [1.54, 1.807) is 11.3 Å². The fraction of sp³-hybridized carbons (Fsp3) is 0.667. The lowest BCUT2D eigenvalue weighted by Gasteiger charge is -2.28. The van der Waals surface area contributed by atoms with Gasteiger partial charge in [0.25, 0.3) is 0 Å². The molecule has 1 aromatic rings. The molecule has 3 atom stereocenters. The maximum absolute atomic E-state index is 12.1. The number of amides is 1. The highest BCUT2D eigenvalue weighted by Gasteiger charge is 2.22. The Morgan fingerprint density at radius 2 is 2.42 bits per heavy atom. The number of piperidine rings is 1. The van der Waals surface area contributed by atoms with E-state index >= 15 is 0 Å². The summed E-state index contributed by atoms with van der Waals surface area (Å²) >= 11 is 1.67. The first-order valence-electron chi connectivity index (χ1n) is 7.19. The molecule has 4 heteroatoms. The molecule has 0 radical (unpaired) electrons. The minimum absolute atomic E-state index is 0.121. The van der Waals surface area contributed by atoms with Crippen molar-refractivity contribution < 1.29 is 4.79 Å². The average Bonchev–Trinajstić information content (AvgIpc) is 2.93. The summed E-state index contributed by atoms with van der Waals surface area (Å²) < 4.78 is 0. The lowest BCUT2D eigenvalue weighted by Crippen LogP contribution is -2.36. The predicted octanol–water partition coefficient (Wildman–Crippen LogP) is 2.95. The molecule has 0 aromatic carbocycles. The summed E-state index contributed by atoms with van der Waals surface area (Å²) in [6, 6.07) is 2.19. The third kappa shape index (κ3) is 4.32. The molecule has 2 rings (SSSR count). The smallest absolute Gasteiger partial charge is 0.220 e. The molecule has 19 heavy (non-hydrogen) atoms. The van der Waals surface area contributed by atoms with E-state index in [4.69, 9.17) is 0 Å². The summed E-state index contributed by atoms with van der Waals surface area (Å²) in [7, 11) is 0. The molecule has 1 saturated heterocycles. The molecule has 1 fully saturated rings. The van der Waals surface area contributed by atoms with E-state index < -0.39 is 0 Å². The predicted molar refractivity (Wildman–Crippen MR) is 80.3 cm³/mol. The van der Waals surface area contributed by atoms with Gasteiger partial charge in [-0.05, 0) is 67.1 Å². The standard InChI is InChI=1S/C15H24N2OS/c1-11(13-4-3-6-16-9-13)8-15(18)17-12(2)14-5-7-19-10-14/h5,7,10-13,16H,3-4,6,8-9H2,1-2H3,(H,17,18). The van der Waals surface area contributed by atoms with Crippen molar-refractivity contribution in [2.45, 2.75) is 39.2 Å². The molecule has 0 saturated carbocycles. The van der Waals surface area contributed by atoms with Crippen LogP contribution in [-0.4, -0.2) is 19.0 Å². The van der Waals surface area contributed by atoms with Gasteiger partial charge < -0.3 is 10.6 Å². The lowest BCUT2D eigenvalue weighted by atomic mass is 9.85. The van der Waals surface area contributed by atoms with Gasteiger partial charge in [-0.2, -0.15) is 11.3 Å². The fourth-order valence-electron chi connectivity index (χ4n) is 2.73. The number of rotatable bonds is 5. The monoisotopic (exact) mass is 280 g/mol. The Balaban J connectivity index is 1.77. The van der Waals surface area contributed by atoms with Crippen LogP contribution in [0.5, 0.6) is 0 Å². The molecule has 0 aliphatic carbocycles. The van der Waals surface area contributed by atoms with Crippen molar-refractivity contribution in [1.82, 2.24) is 10.6 Å². The highest BCUT2D eigenvalue weighted by atomic mass is 32.1. The summed E-state index contributed by atoms with van der Waals surface area (Å²) in [5.74, 6) is 1.29. The van der Waals surface area contributed by atoms with Crippen LogP contribution in [0.2, 0.25) is 0 Å². The third-order valence-corrected chi connectivity index (χ3v) is 4.77. The zero-order chi connectivity index (χ0) is 13.7. The van der Waals surface area contributed by atoms with Crippen LogP contribution < -0.4 is 10.6 Å². The van der Waals surface area contributed by atoms with E-state index in [1.807, 2.05) is 12.3 Å². The van der Waals surface area contributed by atoms with Gasteiger partial charge in [-0.25, -0.2) is 0 Å². The quantitative estimate of drug-likeness (QED) is 0.870. The molecule has 1 aromatic heterocycles. The van der Waals surface area contributed by atoms with E-state index in [0.717, 1.165) is 13.1 Å². The topological polar surface area (TPSA) is 41.1 Å². The summed E-state index contributed by atoms with van der Waals surface area (Å²) in [5, 5.41) is 10.7. The number of nitrogens with one attached hydrogen (secondary N) is 2. The van der Waals surface area contributed by atoms with E-state index in [9.17, 15) is 4.79 Å². The Bertz CT molecular complexity index is 385. The molecule has 1 amide bonds. The lowest BCUT2D eigenvalue weighted by molar-refractivity contribution is -0.123. The first-order chi connectivity index (χ1) is 9.16. The Hall–Kier alpha value is -0.870. The average molecular weight is 280 g/mol. The van der Waals surface area contributed by atoms with Crippen LogP contribution in [0.3, 0.4) is 0 Å². The van der Waals surface area contributed by atoms with Crippen molar-refractivity contribution in [3.8, 4) is 0 Å². The maximum atomic E-state index is 12.1. The van der Waals surface area contributed by atoms with Crippen LogP contribution in [0, 0.1) is 11.8 Å². The largest absolute Gasteiger partial charge is 0.350 e. The SMILES string of the molecule is CC(NC(=O)CC(C)C1CCCNC1)c1ccsc1. The molecule has 2 heterocycles. The molecular weight excluding hydrogens is 256 g/mol. The molecule has 1 aliphatic heterocycles. The molecule has 1 aliphatic rings. The highest BCUT2D eigenvalue weighted by molar-refractivity contribution is 7.07. The van der Waals surface area contributed by atoms with Crippen LogP contribution in [-0.2, 0) is 4.79 Å². The van der Waals surface area contributed by atoms with E-state index in [0.29, 0.717) is 18.3 Å². The van der Waals surface area contributed by atoms with E-state index in [1.165, 1.54) is 18.4 Å². The Labute approximate surface area is 119 Å². The van der Waals surface area contributed by atoms with Crippen LogP contribution >= 0.6 is 11.3 Å². The van der Waals surface area contributed by atoms with Gasteiger partial charge >= 0.3 is 0 Å².